The summed E-state index contributed by atoms with van der Waals surface area (Å²) in [7, 11) is -4.59. The molecule has 4 aliphatic rings. The fourth-order valence-corrected chi connectivity index (χ4v) is 6.70. The average molecular weight is 598 g/mol. The molecule has 2 fully saturated rings. The number of hydrogen-bond acceptors (Lipinski definition) is 6. The first kappa shape index (κ1) is 31.2. The average Bonchev–Trinajstić information content (AvgIpc) is 3.31. The van der Waals surface area contributed by atoms with Crippen LogP contribution < -0.4 is 10.6 Å². The van der Waals surface area contributed by atoms with Crippen molar-refractivity contribution in [3.8, 4) is 0 Å². The fourth-order valence-electron chi connectivity index (χ4n) is 5.84. The smallest absolute Gasteiger partial charge is 0.297 e. The molecule has 1 aromatic carbocycles. The lowest BCUT2D eigenvalue weighted by Crippen LogP contribution is -2.38. The summed E-state index contributed by atoms with van der Waals surface area (Å²) < 4.78 is 34.5. The molecule has 1 aromatic rings. The van der Waals surface area contributed by atoms with Crippen molar-refractivity contribution in [1.82, 2.24) is 20.4 Å². The zero-order chi connectivity index (χ0) is 25.8. The van der Waals surface area contributed by atoms with Gasteiger partial charge in [-0.2, -0.15) is 8.42 Å². The lowest BCUT2D eigenvalue weighted by Gasteiger charge is -2.33. The van der Waals surface area contributed by atoms with Crippen molar-refractivity contribution in [2.75, 3.05) is 32.7 Å². The van der Waals surface area contributed by atoms with Crippen LogP contribution in [-0.2, 0) is 21.3 Å². The molecular formula is C28H38Cl2N4O4S. The van der Waals surface area contributed by atoms with Gasteiger partial charge in [-0.15, -0.1) is 24.8 Å². The van der Waals surface area contributed by atoms with Gasteiger partial charge in [-0.3, -0.25) is 9.35 Å². The Morgan fingerprint density at radius 1 is 1.10 bits per heavy atom. The second-order valence-corrected chi connectivity index (χ2v) is 11.6. The second-order valence-electron chi connectivity index (χ2n) is 10.3. The van der Waals surface area contributed by atoms with Crippen LogP contribution in [0.15, 0.2) is 76.6 Å². The third kappa shape index (κ3) is 7.46. The van der Waals surface area contributed by atoms with Gasteiger partial charge in [0.1, 0.15) is 10.7 Å². The Bertz CT molecular complexity index is 1240. The number of hydrogen-bond donors (Lipinski definition) is 3. The summed E-state index contributed by atoms with van der Waals surface area (Å²) in [6.07, 6.45) is 13.4. The van der Waals surface area contributed by atoms with Gasteiger partial charge in [-0.05, 0) is 87.9 Å². The molecule has 0 aliphatic carbocycles. The summed E-state index contributed by atoms with van der Waals surface area (Å²) in [5, 5.41) is 6.11. The molecular weight excluding hydrogens is 559 g/mol. The van der Waals surface area contributed by atoms with Crippen LogP contribution in [0.5, 0.6) is 0 Å². The Morgan fingerprint density at radius 3 is 2.56 bits per heavy atom. The van der Waals surface area contributed by atoms with E-state index >= 15 is 0 Å². The first-order valence-corrected chi connectivity index (χ1v) is 14.7. The summed E-state index contributed by atoms with van der Waals surface area (Å²) in [4.78, 5) is 17.1. The Morgan fingerprint density at radius 2 is 1.85 bits per heavy atom. The first-order valence-electron chi connectivity index (χ1n) is 13.3. The Hall–Kier alpha value is -2.30. The van der Waals surface area contributed by atoms with E-state index in [1.807, 2.05) is 11.0 Å². The third-order valence-corrected chi connectivity index (χ3v) is 8.70. The fraction of sp³-hybridized carbons (Fsp3) is 0.464. The molecule has 4 aliphatic heterocycles. The number of halogens is 2. The highest BCUT2D eigenvalue weighted by Crippen LogP contribution is 2.37. The molecule has 5 rings (SSSR count). The topological polar surface area (TPSA) is 102 Å². The SMILES string of the molecule is Cl.Cl.O=C(NCCCC1CCN(CCCc2ccccc2)CC1)C1=CC2CNC3=CC=CC(=C1S(=O)(=O)O)N32. The normalized spacial score (nSPS) is 20.7. The monoisotopic (exact) mass is 596 g/mol. The van der Waals surface area contributed by atoms with Gasteiger partial charge >= 0.3 is 0 Å². The van der Waals surface area contributed by atoms with Crippen molar-refractivity contribution in [3.05, 3.63) is 82.2 Å². The molecule has 1 amide bonds. The molecule has 3 N–H and O–H groups in total. The van der Waals surface area contributed by atoms with Crippen molar-refractivity contribution in [2.45, 2.75) is 44.6 Å². The largest absolute Gasteiger partial charge is 0.369 e. The third-order valence-electron chi connectivity index (χ3n) is 7.75. The quantitative estimate of drug-likeness (QED) is 0.279. The van der Waals surface area contributed by atoms with Gasteiger partial charge in [0.2, 0.25) is 0 Å². The van der Waals surface area contributed by atoms with Crippen LogP contribution in [-0.4, -0.2) is 67.4 Å². The number of nitrogens with one attached hydrogen (secondary N) is 2. The molecule has 1 unspecified atom stereocenters. The van der Waals surface area contributed by atoms with E-state index < -0.39 is 16.0 Å². The van der Waals surface area contributed by atoms with Crippen molar-refractivity contribution in [1.29, 1.82) is 0 Å². The maximum atomic E-state index is 13.0. The number of carbonyl (C=O) groups is 1. The molecule has 0 bridgehead atoms. The van der Waals surface area contributed by atoms with E-state index in [4.69, 9.17) is 0 Å². The lowest BCUT2D eigenvalue weighted by atomic mass is 9.92. The molecule has 0 saturated carbocycles. The van der Waals surface area contributed by atoms with E-state index in [0.717, 1.165) is 44.7 Å². The molecule has 0 radical (unpaired) electrons. The summed E-state index contributed by atoms with van der Waals surface area (Å²) in [5.74, 6) is 0.966. The second kappa shape index (κ2) is 13.9. The van der Waals surface area contributed by atoms with E-state index in [1.54, 1.807) is 18.2 Å². The van der Waals surface area contributed by atoms with Crippen LogP contribution in [0, 0.1) is 5.92 Å². The number of amides is 1. The van der Waals surface area contributed by atoms with E-state index in [2.05, 4.69) is 45.9 Å². The van der Waals surface area contributed by atoms with Crippen molar-refractivity contribution in [2.24, 2.45) is 5.92 Å². The number of carbonyl (C=O) groups excluding carboxylic acids is 1. The highest BCUT2D eigenvalue weighted by atomic mass is 35.5. The maximum absolute atomic E-state index is 13.0. The van der Waals surface area contributed by atoms with Crippen LogP contribution in [0.2, 0.25) is 0 Å². The Labute approximate surface area is 243 Å². The van der Waals surface area contributed by atoms with Crippen LogP contribution in [0.4, 0.5) is 0 Å². The van der Waals surface area contributed by atoms with Gasteiger partial charge in [0.25, 0.3) is 16.0 Å². The highest BCUT2D eigenvalue weighted by Gasteiger charge is 2.41. The number of piperidine rings is 1. The van der Waals surface area contributed by atoms with Gasteiger partial charge in [-0.1, -0.05) is 36.4 Å². The number of allylic oxidation sites excluding steroid dienone is 3. The minimum absolute atomic E-state index is 0. The molecule has 1 atom stereocenters. The number of benzene rings is 1. The van der Waals surface area contributed by atoms with Gasteiger partial charge < -0.3 is 20.4 Å². The van der Waals surface area contributed by atoms with Gasteiger partial charge in [0.15, 0.2) is 0 Å². The molecule has 0 spiro atoms. The van der Waals surface area contributed by atoms with Crippen LogP contribution in [0.1, 0.15) is 37.7 Å². The van der Waals surface area contributed by atoms with Gasteiger partial charge in [0, 0.05) is 13.1 Å². The van der Waals surface area contributed by atoms with Crippen LogP contribution in [0.25, 0.3) is 0 Å². The van der Waals surface area contributed by atoms with Crippen molar-refractivity contribution >= 4 is 40.8 Å². The predicted octanol–water partition coefficient (Wildman–Crippen LogP) is 3.80. The minimum Gasteiger partial charge on any atom is -0.369 e. The number of likely N-dealkylation sites (tertiary alicyclic amines) is 1. The molecule has 2 saturated heterocycles. The summed E-state index contributed by atoms with van der Waals surface area (Å²) in [5.41, 5.74) is 1.76. The zero-order valence-electron chi connectivity index (χ0n) is 21.9. The van der Waals surface area contributed by atoms with E-state index in [-0.39, 0.29) is 41.3 Å². The minimum atomic E-state index is -4.59. The lowest BCUT2D eigenvalue weighted by molar-refractivity contribution is -0.117. The number of nitrogens with zero attached hydrogens (tertiary/aromatic N) is 2. The Kier molecular flexibility index (Phi) is 11.1. The molecule has 4 heterocycles. The van der Waals surface area contributed by atoms with Gasteiger partial charge in [-0.25, -0.2) is 0 Å². The molecule has 0 aromatic heterocycles. The predicted molar refractivity (Wildman–Crippen MR) is 158 cm³/mol. The van der Waals surface area contributed by atoms with E-state index in [0.29, 0.717) is 24.7 Å². The molecule has 39 heavy (non-hydrogen) atoms. The standard InChI is InChI=1S/C28H36N4O4S.2ClH/c33-28(24-19-23-20-30-26-12-4-11-25(32(23)26)27(24)37(34,35)36)29-15-5-9-22-13-17-31(18-14-22)16-6-10-21-7-2-1-3-8-21;;/h1-4,7-8,11-12,19,22-23,30H,5-6,9-10,13-18,20H2,(H,29,33)(H,34,35,36);2*1H. The zero-order valence-corrected chi connectivity index (χ0v) is 24.4. The van der Waals surface area contributed by atoms with Crippen molar-refractivity contribution < 1.29 is 17.8 Å². The van der Waals surface area contributed by atoms with Crippen molar-refractivity contribution in [3.63, 3.8) is 0 Å². The van der Waals surface area contributed by atoms with Crippen LogP contribution in [0.3, 0.4) is 0 Å². The van der Waals surface area contributed by atoms with Crippen LogP contribution >= 0.6 is 24.8 Å². The number of aryl methyl sites for hydroxylation is 1. The van der Waals surface area contributed by atoms with Gasteiger partial charge in [0.05, 0.1) is 17.3 Å². The number of rotatable bonds is 10. The summed E-state index contributed by atoms with van der Waals surface area (Å²) >= 11 is 0. The van der Waals surface area contributed by atoms with E-state index in [1.165, 1.54) is 24.8 Å². The summed E-state index contributed by atoms with van der Waals surface area (Å²) in [6, 6.07) is 10.5. The maximum Gasteiger partial charge on any atom is 0.297 e. The van der Waals surface area contributed by atoms with E-state index in [9.17, 15) is 17.8 Å². The highest BCUT2D eigenvalue weighted by molar-refractivity contribution is 7.90. The Balaban J connectivity index is 0.00000210. The molecule has 8 nitrogen and oxygen atoms in total. The summed E-state index contributed by atoms with van der Waals surface area (Å²) in [6.45, 7) is 4.44. The molecule has 214 valence electrons. The molecule has 11 heteroatoms. The first-order chi connectivity index (χ1) is 17.9.